The van der Waals surface area contributed by atoms with Gasteiger partial charge in [0, 0.05) is 37.7 Å². The predicted octanol–water partition coefficient (Wildman–Crippen LogP) is 11.1. The van der Waals surface area contributed by atoms with Gasteiger partial charge in [-0.15, -0.1) is 0 Å². The molecule has 7 aromatic carbocycles. The number of carboxylic acid groups (broad SMARTS) is 1. The first-order valence-electron chi connectivity index (χ1n) is 22.8. The summed E-state index contributed by atoms with van der Waals surface area (Å²) in [6.45, 7) is 0.434. The van der Waals surface area contributed by atoms with Gasteiger partial charge in [0.2, 0.25) is 23.0 Å². The summed E-state index contributed by atoms with van der Waals surface area (Å²) in [5.41, 5.74) is 5.49. The third-order valence-electron chi connectivity index (χ3n) is 10.3. The number of nitro benzene ring substituents is 4. The molecule has 6 N–H and O–H groups in total. The molecule has 0 aliphatic rings. The number of para-hydroxylation sites is 2. The summed E-state index contributed by atoms with van der Waals surface area (Å²) >= 11 is 9.43. The van der Waals surface area contributed by atoms with E-state index in [1.165, 1.54) is 50.6 Å². The van der Waals surface area contributed by atoms with Crippen molar-refractivity contribution in [1.82, 2.24) is 0 Å². The number of halogens is 3. The van der Waals surface area contributed by atoms with E-state index >= 15 is 0 Å². The first-order chi connectivity index (χ1) is 39.7. The Morgan fingerprint density at radius 3 is 1.18 bits per heavy atom. The molecule has 0 heterocycles. The summed E-state index contributed by atoms with van der Waals surface area (Å²) in [7, 11) is 4.77. The van der Waals surface area contributed by atoms with Gasteiger partial charge in [-0.2, -0.15) is 0 Å². The van der Waals surface area contributed by atoms with Crippen molar-refractivity contribution < 1.29 is 92.5 Å². The average Bonchev–Trinajstić information content (AvgIpc) is 3.09. The second-order valence-corrected chi connectivity index (χ2v) is 18.4. The fourth-order valence-corrected chi connectivity index (χ4v) is 7.79. The SMILES string of the molecule is COC(=O)c1cc(Br)cc(N)c1OCc1ccccc1.COC(=O)c1cc(Br)cc([N+](=O)[O-])c1O.COC(=O)c1cc(Br)cc([N+](=O)[O-])c1OCc1ccccc1.COC(=O)c1cccc([N+](=O)[O-])c1O.O=C(O)c1cccc([N+](=O)[O-])c1O. The van der Waals surface area contributed by atoms with Crippen LogP contribution in [0, 0.1) is 40.5 Å². The van der Waals surface area contributed by atoms with Gasteiger partial charge in [-0.1, -0.05) is 121 Å². The van der Waals surface area contributed by atoms with Crippen molar-refractivity contribution in [1.29, 1.82) is 0 Å². The Morgan fingerprint density at radius 1 is 0.429 bits per heavy atom. The van der Waals surface area contributed by atoms with E-state index in [0.29, 0.717) is 37.0 Å². The zero-order valence-electron chi connectivity index (χ0n) is 43.7. The fourth-order valence-electron chi connectivity index (χ4n) is 6.42. The molecule has 440 valence electrons. The number of benzene rings is 7. The van der Waals surface area contributed by atoms with Gasteiger partial charge in [0.15, 0.2) is 5.75 Å². The molecule has 0 aliphatic carbocycles. The van der Waals surface area contributed by atoms with Crippen LogP contribution < -0.4 is 15.2 Å². The highest BCUT2D eigenvalue weighted by Crippen LogP contribution is 2.37. The number of aromatic hydroxyl groups is 3. The highest BCUT2D eigenvalue weighted by atomic mass is 79.9. The van der Waals surface area contributed by atoms with Crippen molar-refractivity contribution in [2.24, 2.45) is 0 Å². The number of rotatable bonds is 15. The van der Waals surface area contributed by atoms with Crippen LogP contribution in [0.1, 0.15) is 62.9 Å². The Hall–Kier alpha value is -10.3. The molecule has 7 aromatic rings. The molecular formula is C53H44Br3N5O23. The normalized spacial score (nSPS) is 9.85. The molecule has 0 aromatic heterocycles. The van der Waals surface area contributed by atoms with Crippen molar-refractivity contribution >= 4 is 106 Å². The lowest BCUT2D eigenvalue weighted by atomic mass is 10.1. The van der Waals surface area contributed by atoms with Crippen molar-refractivity contribution in [3.63, 3.8) is 0 Å². The number of phenolic OH excluding ortho intramolecular Hbond substituents is 2. The maximum Gasteiger partial charge on any atom is 0.341 e. The molecule has 0 unspecified atom stereocenters. The molecule has 0 aliphatic heterocycles. The van der Waals surface area contributed by atoms with E-state index < -0.39 is 89.4 Å². The van der Waals surface area contributed by atoms with Crippen LogP contribution in [0.15, 0.2) is 147 Å². The number of carbonyl (C=O) groups is 5. The summed E-state index contributed by atoms with van der Waals surface area (Å²) in [5.74, 6) is -6.20. The molecule has 0 saturated heterocycles. The van der Waals surface area contributed by atoms with Crippen molar-refractivity contribution in [3.05, 3.63) is 226 Å². The van der Waals surface area contributed by atoms with Crippen LogP contribution in [0.2, 0.25) is 0 Å². The quantitative estimate of drug-likeness (QED) is 0.0209. The van der Waals surface area contributed by atoms with Crippen LogP contribution in [0.25, 0.3) is 0 Å². The van der Waals surface area contributed by atoms with Gasteiger partial charge in [-0.25, -0.2) is 24.0 Å². The maximum atomic E-state index is 11.8. The molecule has 0 bridgehead atoms. The Kier molecular flexibility index (Phi) is 26.6. The molecule has 0 fully saturated rings. The Balaban J connectivity index is 0.000000279. The topological polar surface area (TPSA) is 420 Å². The zero-order valence-corrected chi connectivity index (χ0v) is 48.4. The van der Waals surface area contributed by atoms with Crippen LogP contribution in [-0.4, -0.2) is 98.4 Å². The number of methoxy groups -OCH3 is 4. The number of nitrogens with zero attached hydrogens (tertiary/aromatic N) is 4. The van der Waals surface area contributed by atoms with Crippen molar-refractivity contribution in [2.75, 3.05) is 34.2 Å². The van der Waals surface area contributed by atoms with E-state index in [1.807, 2.05) is 60.7 Å². The third-order valence-corrected chi connectivity index (χ3v) is 11.7. The summed E-state index contributed by atoms with van der Waals surface area (Å²) < 4.78 is 30.7. The van der Waals surface area contributed by atoms with Gasteiger partial charge in [-0.3, -0.25) is 40.5 Å². The molecule has 84 heavy (non-hydrogen) atoms. The third kappa shape index (κ3) is 19.5. The van der Waals surface area contributed by atoms with E-state index in [9.17, 15) is 74.6 Å². The predicted molar refractivity (Wildman–Crippen MR) is 305 cm³/mol. The van der Waals surface area contributed by atoms with E-state index in [4.69, 9.17) is 30.2 Å². The number of nitrogen functional groups attached to an aromatic ring is 1. The molecule has 0 amide bonds. The second-order valence-electron chi connectivity index (χ2n) is 15.7. The first-order valence-corrected chi connectivity index (χ1v) is 25.2. The number of phenols is 3. The molecule has 31 heteroatoms. The van der Waals surface area contributed by atoms with Crippen molar-refractivity contribution in [3.8, 4) is 28.7 Å². The van der Waals surface area contributed by atoms with Crippen LogP contribution in [-0.2, 0) is 32.2 Å². The zero-order chi connectivity index (χ0) is 63.0. The highest BCUT2D eigenvalue weighted by Gasteiger charge is 2.27. The van der Waals surface area contributed by atoms with Gasteiger partial charge in [0.05, 0.1) is 53.8 Å². The molecule has 7 rings (SSSR count). The van der Waals surface area contributed by atoms with Crippen LogP contribution in [0.5, 0.6) is 28.7 Å². The standard InChI is InChI=1S/C15H12BrNO5.C15H14BrNO3.C8H6BrNO5.C8H7NO5.C7H5NO5/c1-21-15(18)12-7-11(16)8-13(17(19)20)14(12)22-9-10-5-3-2-4-6-10;1-19-15(18)12-7-11(16)8-13(17)14(12)20-9-10-5-3-2-4-6-10;1-15-8(12)5-2-4(9)3-6(7(5)11)10(13)14;1-14-8(11)5-3-2-4-6(7(5)10)9(12)13;9-6-4(7(10)11)2-1-3-5(6)8(12)13/h2-8H,9H2,1H3;2-8H,9,17H2,1H3;2-3,11H,1H3;2-4,10H,1H3;1-3,9H,(H,10,11). The van der Waals surface area contributed by atoms with Gasteiger partial charge in [0.1, 0.15) is 41.0 Å². The molecule has 0 saturated carbocycles. The van der Waals surface area contributed by atoms with Gasteiger partial charge < -0.3 is 54.6 Å². The monoisotopic (exact) mass is 1350 g/mol. The second kappa shape index (κ2) is 32.9. The number of aromatic carboxylic acids is 1. The summed E-state index contributed by atoms with van der Waals surface area (Å²) in [6, 6.07) is 34.1. The molecule has 28 nitrogen and oxygen atoms in total. The minimum atomic E-state index is -1.40. The number of hydrogen-bond donors (Lipinski definition) is 5. The fraction of sp³-hybridized carbons (Fsp3) is 0.113. The van der Waals surface area contributed by atoms with Gasteiger partial charge >= 0.3 is 52.6 Å². The van der Waals surface area contributed by atoms with E-state index in [2.05, 4.69) is 62.0 Å². The number of esters is 4. The van der Waals surface area contributed by atoms with Gasteiger partial charge in [0.25, 0.3) is 0 Å². The Bertz CT molecular complexity index is 3540. The Labute approximate surface area is 498 Å². The number of ether oxygens (including phenoxy) is 6. The summed E-state index contributed by atoms with van der Waals surface area (Å²) in [6.07, 6.45) is 0. The Morgan fingerprint density at radius 2 is 0.762 bits per heavy atom. The highest BCUT2D eigenvalue weighted by molar-refractivity contribution is 9.11. The maximum absolute atomic E-state index is 11.8. The van der Waals surface area contributed by atoms with Crippen LogP contribution in [0.3, 0.4) is 0 Å². The molecule has 0 spiro atoms. The number of anilines is 1. The smallest absolute Gasteiger partial charge is 0.341 e. The van der Waals surface area contributed by atoms with E-state index in [-0.39, 0.29) is 34.7 Å². The number of carbonyl (C=O) groups excluding carboxylic acids is 4. The first kappa shape index (κ1) is 68.0. The summed E-state index contributed by atoms with van der Waals surface area (Å²) in [4.78, 5) is 95.5. The average molecular weight is 1360 g/mol. The minimum Gasteiger partial charge on any atom is -0.501 e. The number of nitro groups is 4. The lowest BCUT2D eigenvalue weighted by Crippen LogP contribution is -2.08. The van der Waals surface area contributed by atoms with E-state index in [1.54, 1.807) is 12.1 Å². The van der Waals surface area contributed by atoms with Crippen molar-refractivity contribution in [2.45, 2.75) is 13.2 Å². The number of hydrogen-bond acceptors (Lipinski definition) is 23. The molecule has 0 atom stereocenters. The number of nitrogens with two attached hydrogens (primary N) is 1. The largest absolute Gasteiger partial charge is 0.501 e. The summed E-state index contributed by atoms with van der Waals surface area (Å²) in [5, 5.41) is 78.7. The minimum absolute atomic E-state index is 0.000457. The van der Waals surface area contributed by atoms with Gasteiger partial charge in [-0.05, 0) is 47.5 Å². The van der Waals surface area contributed by atoms with Crippen LogP contribution in [0.4, 0.5) is 28.4 Å². The molecule has 0 radical (unpaired) electrons. The lowest BCUT2D eigenvalue weighted by Gasteiger charge is -2.13. The molecular weight excluding hydrogens is 1310 g/mol. The van der Waals surface area contributed by atoms with Crippen LogP contribution >= 0.6 is 47.8 Å². The van der Waals surface area contributed by atoms with E-state index in [0.717, 1.165) is 49.6 Å². The number of carboxylic acids is 1. The lowest BCUT2D eigenvalue weighted by molar-refractivity contribution is -0.386.